The molecule has 0 amide bonds. The lowest BCUT2D eigenvalue weighted by atomic mass is 10.1. The van der Waals surface area contributed by atoms with Crippen LogP contribution in [0.25, 0.3) is 0 Å². The molecule has 1 aromatic heterocycles. The molecular formula is C16H18N2O2S. The predicted octanol–water partition coefficient (Wildman–Crippen LogP) is 3.39. The van der Waals surface area contributed by atoms with Crippen molar-refractivity contribution in [2.75, 3.05) is 0 Å². The second-order valence-electron chi connectivity index (χ2n) is 5.07. The van der Waals surface area contributed by atoms with Crippen molar-refractivity contribution in [1.82, 2.24) is 9.97 Å². The molecule has 0 bridgehead atoms. The highest BCUT2D eigenvalue weighted by Gasteiger charge is 2.20. The highest BCUT2D eigenvalue weighted by molar-refractivity contribution is 8.00. The topological polar surface area (TPSA) is 63.1 Å². The van der Waals surface area contributed by atoms with Crippen molar-refractivity contribution in [3.05, 3.63) is 54.0 Å². The Morgan fingerprint density at radius 3 is 2.57 bits per heavy atom. The molecule has 110 valence electrons. The van der Waals surface area contributed by atoms with Crippen LogP contribution in [0.15, 0.2) is 47.8 Å². The first kappa shape index (κ1) is 15.5. The second kappa shape index (κ2) is 7.22. The lowest BCUT2D eigenvalue weighted by Crippen LogP contribution is -2.19. The van der Waals surface area contributed by atoms with Crippen molar-refractivity contribution >= 4 is 17.7 Å². The Balaban J connectivity index is 2.13. The molecule has 2 rings (SSSR count). The Labute approximate surface area is 128 Å². The number of carbonyl (C=O) groups is 1. The molecule has 1 N–H and O–H groups in total. The standard InChI is InChI=1S/C16H18N2O2S/c1-11(2)13-9-15(18-10-17-13)21-14(16(19)20)8-12-6-4-3-5-7-12/h3-7,9-11,14H,8H2,1-2H3,(H,19,20). The first-order valence-corrected chi connectivity index (χ1v) is 7.69. The molecule has 1 atom stereocenters. The van der Waals surface area contributed by atoms with E-state index in [1.807, 2.05) is 36.4 Å². The molecule has 0 saturated heterocycles. The largest absolute Gasteiger partial charge is 0.480 e. The van der Waals surface area contributed by atoms with Crippen LogP contribution in [0.3, 0.4) is 0 Å². The summed E-state index contributed by atoms with van der Waals surface area (Å²) in [5.41, 5.74) is 1.94. The van der Waals surface area contributed by atoms with Crippen molar-refractivity contribution in [2.45, 2.75) is 36.5 Å². The Kier molecular flexibility index (Phi) is 5.33. The number of hydrogen-bond donors (Lipinski definition) is 1. The van der Waals surface area contributed by atoms with Gasteiger partial charge in [0.2, 0.25) is 0 Å². The van der Waals surface area contributed by atoms with Crippen LogP contribution in [-0.4, -0.2) is 26.3 Å². The molecule has 0 aliphatic rings. The molecule has 0 radical (unpaired) electrons. The van der Waals surface area contributed by atoms with Gasteiger partial charge in [-0.1, -0.05) is 55.9 Å². The number of thioether (sulfide) groups is 1. The molecular weight excluding hydrogens is 284 g/mol. The van der Waals surface area contributed by atoms with Crippen molar-refractivity contribution in [3.8, 4) is 0 Å². The summed E-state index contributed by atoms with van der Waals surface area (Å²) >= 11 is 1.27. The summed E-state index contributed by atoms with van der Waals surface area (Å²) in [6.07, 6.45) is 1.97. The highest BCUT2D eigenvalue weighted by atomic mass is 32.2. The van der Waals surface area contributed by atoms with Crippen molar-refractivity contribution in [3.63, 3.8) is 0 Å². The van der Waals surface area contributed by atoms with Crippen molar-refractivity contribution < 1.29 is 9.90 Å². The number of nitrogens with zero attached hydrogens (tertiary/aromatic N) is 2. The normalized spacial score (nSPS) is 12.3. The maximum atomic E-state index is 11.5. The van der Waals surface area contributed by atoms with E-state index in [1.165, 1.54) is 18.1 Å². The number of carboxylic acids is 1. The first-order chi connectivity index (χ1) is 10.1. The summed E-state index contributed by atoms with van der Waals surface area (Å²) < 4.78 is 0. The minimum atomic E-state index is -0.825. The Morgan fingerprint density at radius 2 is 1.95 bits per heavy atom. The van der Waals surface area contributed by atoms with Gasteiger partial charge in [0.05, 0.1) is 0 Å². The quantitative estimate of drug-likeness (QED) is 0.654. The van der Waals surface area contributed by atoms with Crippen LogP contribution < -0.4 is 0 Å². The number of aliphatic carboxylic acids is 1. The lowest BCUT2D eigenvalue weighted by Gasteiger charge is -2.12. The average Bonchev–Trinajstić information content (AvgIpc) is 2.48. The van der Waals surface area contributed by atoms with E-state index in [9.17, 15) is 9.90 Å². The van der Waals surface area contributed by atoms with E-state index in [1.54, 1.807) is 0 Å². The van der Waals surface area contributed by atoms with E-state index in [0.717, 1.165) is 11.3 Å². The van der Waals surface area contributed by atoms with E-state index in [0.29, 0.717) is 17.4 Å². The summed E-state index contributed by atoms with van der Waals surface area (Å²) in [6, 6.07) is 11.5. The molecule has 0 spiro atoms. The van der Waals surface area contributed by atoms with Gasteiger partial charge in [-0.3, -0.25) is 4.79 Å². The minimum Gasteiger partial charge on any atom is -0.480 e. The van der Waals surface area contributed by atoms with Crippen LogP contribution in [0.4, 0.5) is 0 Å². The smallest absolute Gasteiger partial charge is 0.317 e. The number of carboxylic acid groups (broad SMARTS) is 1. The summed E-state index contributed by atoms with van der Waals surface area (Å²) in [6.45, 7) is 4.10. The van der Waals surface area contributed by atoms with Gasteiger partial charge in [0.1, 0.15) is 16.6 Å². The van der Waals surface area contributed by atoms with E-state index in [2.05, 4.69) is 23.8 Å². The summed E-state index contributed by atoms with van der Waals surface area (Å²) in [5.74, 6) is -0.529. The van der Waals surface area contributed by atoms with Crippen LogP contribution in [0.1, 0.15) is 31.0 Å². The van der Waals surface area contributed by atoms with Crippen LogP contribution in [0.5, 0.6) is 0 Å². The molecule has 5 heteroatoms. The third kappa shape index (κ3) is 4.56. The summed E-state index contributed by atoms with van der Waals surface area (Å²) in [7, 11) is 0. The van der Waals surface area contributed by atoms with Gasteiger partial charge >= 0.3 is 5.97 Å². The maximum Gasteiger partial charge on any atom is 0.317 e. The zero-order valence-electron chi connectivity index (χ0n) is 12.1. The Morgan fingerprint density at radius 1 is 1.24 bits per heavy atom. The summed E-state index contributed by atoms with van der Waals surface area (Å²) in [4.78, 5) is 19.8. The van der Waals surface area contributed by atoms with Gasteiger partial charge in [0.15, 0.2) is 0 Å². The molecule has 4 nitrogen and oxygen atoms in total. The van der Waals surface area contributed by atoms with E-state index < -0.39 is 11.2 Å². The Hall–Kier alpha value is -1.88. The monoisotopic (exact) mass is 302 g/mol. The second-order valence-corrected chi connectivity index (χ2v) is 6.29. The van der Waals surface area contributed by atoms with Gasteiger partial charge in [0, 0.05) is 5.69 Å². The zero-order chi connectivity index (χ0) is 15.2. The average molecular weight is 302 g/mol. The van der Waals surface area contributed by atoms with Crippen LogP contribution in [0.2, 0.25) is 0 Å². The molecule has 1 aromatic carbocycles. The number of rotatable bonds is 6. The fourth-order valence-electron chi connectivity index (χ4n) is 1.89. The molecule has 0 aliphatic carbocycles. The van der Waals surface area contributed by atoms with Gasteiger partial charge in [0.25, 0.3) is 0 Å². The fraction of sp³-hybridized carbons (Fsp3) is 0.312. The molecule has 1 heterocycles. The van der Waals surface area contributed by atoms with Gasteiger partial charge in [-0.2, -0.15) is 0 Å². The first-order valence-electron chi connectivity index (χ1n) is 6.81. The number of hydrogen-bond acceptors (Lipinski definition) is 4. The van der Waals surface area contributed by atoms with E-state index in [-0.39, 0.29) is 0 Å². The molecule has 21 heavy (non-hydrogen) atoms. The van der Waals surface area contributed by atoms with E-state index in [4.69, 9.17) is 0 Å². The zero-order valence-corrected chi connectivity index (χ0v) is 12.9. The molecule has 2 aromatic rings. The van der Waals surface area contributed by atoms with Crippen LogP contribution in [0, 0.1) is 0 Å². The number of aromatic nitrogens is 2. The van der Waals surface area contributed by atoms with Gasteiger partial charge in [-0.05, 0) is 24.0 Å². The van der Waals surface area contributed by atoms with Gasteiger partial charge < -0.3 is 5.11 Å². The molecule has 1 unspecified atom stereocenters. The van der Waals surface area contributed by atoms with Crippen molar-refractivity contribution in [2.24, 2.45) is 0 Å². The lowest BCUT2D eigenvalue weighted by molar-refractivity contribution is -0.136. The highest BCUT2D eigenvalue weighted by Crippen LogP contribution is 2.26. The predicted molar refractivity (Wildman–Crippen MR) is 83.5 cm³/mol. The fourth-order valence-corrected chi connectivity index (χ4v) is 2.85. The maximum absolute atomic E-state index is 11.5. The van der Waals surface area contributed by atoms with Crippen LogP contribution in [-0.2, 0) is 11.2 Å². The van der Waals surface area contributed by atoms with Crippen molar-refractivity contribution in [1.29, 1.82) is 0 Å². The number of benzene rings is 1. The Bertz CT molecular complexity index is 602. The molecule has 0 aliphatic heterocycles. The van der Waals surface area contributed by atoms with Gasteiger partial charge in [-0.25, -0.2) is 9.97 Å². The van der Waals surface area contributed by atoms with Crippen LogP contribution >= 0.6 is 11.8 Å². The SMILES string of the molecule is CC(C)c1cc(SC(Cc2ccccc2)C(=O)O)ncn1. The molecule has 0 fully saturated rings. The molecule has 0 saturated carbocycles. The minimum absolute atomic E-state index is 0.296. The third-order valence-corrected chi connectivity index (χ3v) is 4.17. The van der Waals surface area contributed by atoms with E-state index >= 15 is 0 Å². The van der Waals surface area contributed by atoms with Gasteiger partial charge in [-0.15, -0.1) is 0 Å². The third-order valence-electron chi connectivity index (χ3n) is 3.06. The summed E-state index contributed by atoms with van der Waals surface area (Å²) in [5, 5.41) is 9.56.